The summed E-state index contributed by atoms with van der Waals surface area (Å²) < 4.78 is 0.891. The maximum atomic E-state index is 10.8. The van der Waals surface area contributed by atoms with Crippen molar-refractivity contribution in [3.8, 4) is 11.8 Å². The zero-order valence-electron chi connectivity index (χ0n) is 8.23. The first-order valence-corrected chi connectivity index (χ1v) is 5.39. The fraction of sp³-hybridized carbons (Fsp3) is 0.0833. The quantitative estimate of drug-likeness (QED) is 0.739. The summed E-state index contributed by atoms with van der Waals surface area (Å²) >= 11 is 1.22. The molecule has 0 radical (unpaired) electrons. The molecule has 0 unspecified atom stereocenters. The first kappa shape index (κ1) is 10.7. The van der Waals surface area contributed by atoms with Gasteiger partial charge in [-0.25, -0.2) is 4.79 Å². The van der Waals surface area contributed by atoms with Crippen molar-refractivity contribution in [2.45, 2.75) is 0 Å². The molecule has 0 aliphatic rings. The second-order valence-electron chi connectivity index (χ2n) is 3.09. The number of hydrogen-bond donors (Lipinski definition) is 2. The average molecular weight is 232 g/mol. The maximum absolute atomic E-state index is 10.8. The molecule has 0 fully saturated rings. The van der Waals surface area contributed by atoms with Crippen LogP contribution in [-0.2, 0) is 0 Å². The summed E-state index contributed by atoms with van der Waals surface area (Å²) in [7, 11) is 0. The number of carboxylic acids is 1. The lowest BCUT2D eigenvalue weighted by Gasteiger charge is -1.92. The van der Waals surface area contributed by atoms with E-state index < -0.39 is 5.97 Å². The van der Waals surface area contributed by atoms with Gasteiger partial charge in [-0.2, -0.15) is 0 Å². The highest BCUT2D eigenvalue weighted by atomic mass is 32.1. The fourth-order valence-electron chi connectivity index (χ4n) is 1.41. The van der Waals surface area contributed by atoms with E-state index in [1.807, 2.05) is 18.2 Å². The molecule has 0 amide bonds. The molecule has 1 heterocycles. The van der Waals surface area contributed by atoms with Crippen LogP contribution in [0.3, 0.4) is 0 Å². The summed E-state index contributed by atoms with van der Waals surface area (Å²) in [6, 6.07) is 7.11. The van der Waals surface area contributed by atoms with Gasteiger partial charge in [-0.05, 0) is 18.2 Å². The second-order valence-corrected chi connectivity index (χ2v) is 4.18. The maximum Gasteiger partial charge on any atom is 0.345 e. The number of carbonyl (C=O) groups is 1. The molecule has 0 bridgehead atoms. The normalized spacial score (nSPS) is 9.81. The molecule has 1 aromatic heterocycles. The minimum atomic E-state index is -0.928. The Morgan fingerprint density at radius 3 is 2.94 bits per heavy atom. The van der Waals surface area contributed by atoms with Crippen molar-refractivity contribution in [1.82, 2.24) is 0 Å². The Kier molecular flexibility index (Phi) is 2.91. The Morgan fingerprint density at radius 2 is 2.25 bits per heavy atom. The van der Waals surface area contributed by atoms with Crippen molar-refractivity contribution in [1.29, 1.82) is 0 Å². The number of aliphatic hydroxyl groups excluding tert-OH is 1. The smallest absolute Gasteiger partial charge is 0.345 e. The standard InChI is InChI=1S/C12H8O3S/c13-6-2-4-8-3-1-5-10-9(8)7-11(16-10)12(14)15/h1,3,5,7,13H,6H2,(H,14,15). The van der Waals surface area contributed by atoms with Crippen LogP contribution < -0.4 is 0 Å². The molecule has 0 spiro atoms. The second kappa shape index (κ2) is 4.35. The minimum absolute atomic E-state index is 0.202. The molecule has 0 saturated carbocycles. The van der Waals surface area contributed by atoms with E-state index in [-0.39, 0.29) is 6.61 Å². The van der Waals surface area contributed by atoms with E-state index in [0.717, 1.165) is 15.6 Å². The molecule has 4 heteroatoms. The number of thiophene rings is 1. The number of rotatable bonds is 1. The summed E-state index contributed by atoms with van der Waals surface area (Å²) in [5, 5.41) is 18.3. The van der Waals surface area contributed by atoms with Crippen molar-refractivity contribution in [2.75, 3.05) is 6.61 Å². The van der Waals surface area contributed by atoms with Gasteiger partial charge in [0.1, 0.15) is 11.5 Å². The van der Waals surface area contributed by atoms with E-state index in [1.54, 1.807) is 6.07 Å². The van der Waals surface area contributed by atoms with Crippen LogP contribution in [0, 0.1) is 11.8 Å². The zero-order chi connectivity index (χ0) is 11.5. The molecule has 2 N–H and O–H groups in total. The van der Waals surface area contributed by atoms with Crippen molar-refractivity contribution < 1.29 is 15.0 Å². The summed E-state index contributed by atoms with van der Waals surface area (Å²) in [6.07, 6.45) is 0. The minimum Gasteiger partial charge on any atom is -0.477 e. The molecule has 3 nitrogen and oxygen atoms in total. The van der Waals surface area contributed by atoms with E-state index in [4.69, 9.17) is 10.2 Å². The molecule has 0 aliphatic carbocycles. The van der Waals surface area contributed by atoms with Crippen LogP contribution in [0.1, 0.15) is 15.2 Å². The highest BCUT2D eigenvalue weighted by Crippen LogP contribution is 2.27. The van der Waals surface area contributed by atoms with Crippen molar-refractivity contribution in [3.63, 3.8) is 0 Å². The predicted molar refractivity (Wildman–Crippen MR) is 62.7 cm³/mol. The van der Waals surface area contributed by atoms with E-state index in [1.165, 1.54) is 11.3 Å². The van der Waals surface area contributed by atoms with Gasteiger partial charge < -0.3 is 10.2 Å². The molecule has 0 aliphatic heterocycles. The van der Waals surface area contributed by atoms with Crippen LogP contribution in [-0.4, -0.2) is 22.8 Å². The number of hydrogen-bond acceptors (Lipinski definition) is 3. The highest BCUT2D eigenvalue weighted by molar-refractivity contribution is 7.20. The fourth-order valence-corrected chi connectivity index (χ4v) is 2.34. The molecule has 80 valence electrons. The zero-order valence-corrected chi connectivity index (χ0v) is 9.04. The third-order valence-electron chi connectivity index (χ3n) is 2.07. The van der Waals surface area contributed by atoms with Crippen LogP contribution >= 0.6 is 11.3 Å². The number of aromatic carboxylic acids is 1. The molecular weight excluding hydrogens is 224 g/mol. The Morgan fingerprint density at radius 1 is 1.44 bits per heavy atom. The van der Waals surface area contributed by atoms with Crippen LogP contribution in [0.25, 0.3) is 10.1 Å². The summed E-state index contributed by atoms with van der Waals surface area (Å²) in [5.41, 5.74) is 0.746. The van der Waals surface area contributed by atoms with Crippen molar-refractivity contribution in [3.05, 3.63) is 34.7 Å². The molecule has 1 aromatic carbocycles. The van der Waals surface area contributed by atoms with Crippen molar-refractivity contribution >= 4 is 27.4 Å². The predicted octanol–water partition coefficient (Wildman–Crippen LogP) is 1.94. The molecule has 0 saturated heterocycles. The molecule has 2 aromatic rings. The van der Waals surface area contributed by atoms with Crippen molar-refractivity contribution in [2.24, 2.45) is 0 Å². The summed E-state index contributed by atoms with van der Waals surface area (Å²) in [5.74, 6) is 4.43. The molecule has 2 rings (SSSR count). The van der Waals surface area contributed by atoms with Gasteiger partial charge in [-0.1, -0.05) is 17.9 Å². The summed E-state index contributed by atoms with van der Waals surface area (Å²) in [4.78, 5) is 11.1. The third kappa shape index (κ3) is 1.91. The SMILES string of the molecule is O=C(O)c1cc2c(C#CCO)cccc2s1. The van der Waals surface area contributed by atoms with E-state index in [0.29, 0.717) is 4.88 Å². The van der Waals surface area contributed by atoms with Gasteiger partial charge >= 0.3 is 5.97 Å². The van der Waals surface area contributed by atoms with Crippen LogP contribution in [0.5, 0.6) is 0 Å². The highest BCUT2D eigenvalue weighted by Gasteiger charge is 2.09. The number of aliphatic hydroxyl groups is 1. The summed E-state index contributed by atoms with van der Waals surface area (Å²) in [6.45, 7) is -0.202. The first-order valence-electron chi connectivity index (χ1n) is 4.58. The van der Waals surface area contributed by atoms with Crippen LogP contribution in [0.15, 0.2) is 24.3 Å². The molecule has 0 atom stereocenters. The monoisotopic (exact) mass is 232 g/mol. The van der Waals surface area contributed by atoms with Gasteiger partial charge in [0.25, 0.3) is 0 Å². The van der Waals surface area contributed by atoms with Crippen LogP contribution in [0.2, 0.25) is 0 Å². The van der Waals surface area contributed by atoms with Gasteiger partial charge in [-0.15, -0.1) is 11.3 Å². The van der Waals surface area contributed by atoms with Gasteiger partial charge in [0.15, 0.2) is 0 Å². The average Bonchev–Trinajstić information content (AvgIpc) is 2.70. The number of fused-ring (bicyclic) bond motifs is 1. The lowest BCUT2D eigenvalue weighted by molar-refractivity contribution is 0.0702. The lowest BCUT2D eigenvalue weighted by atomic mass is 10.1. The third-order valence-corrected chi connectivity index (χ3v) is 3.16. The van der Waals surface area contributed by atoms with Crippen LogP contribution in [0.4, 0.5) is 0 Å². The van der Waals surface area contributed by atoms with Gasteiger partial charge in [0.2, 0.25) is 0 Å². The Balaban J connectivity index is 2.63. The van der Waals surface area contributed by atoms with Gasteiger partial charge in [-0.3, -0.25) is 0 Å². The number of carboxylic acid groups (broad SMARTS) is 1. The molecular formula is C12H8O3S. The first-order chi connectivity index (χ1) is 7.72. The van der Waals surface area contributed by atoms with E-state index >= 15 is 0 Å². The Bertz CT molecular complexity index is 601. The Hall–Kier alpha value is -1.83. The largest absolute Gasteiger partial charge is 0.477 e. The number of benzene rings is 1. The molecule has 16 heavy (non-hydrogen) atoms. The Labute approximate surface area is 96.0 Å². The van der Waals surface area contributed by atoms with E-state index in [9.17, 15) is 4.79 Å². The van der Waals surface area contributed by atoms with Gasteiger partial charge in [0, 0.05) is 15.6 Å². The topological polar surface area (TPSA) is 57.5 Å². The van der Waals surface area contributed by atoms with E-state index in [2.05, 4.69) is 11.8 Å². The van der Waals surface area contributed by atoms with Gasteiger partial charge in [0.05, 0.1) is 0 Å². The lowest BCUT2D eigenvalue weighted by Crippen LogP contribution is -1.89.